The Kier molecular flexibility index (Phi) is 6.58. The highest BCUT2D eigenvalue weighted by atomic mass is 32.2. The molecule has 8 nitrogen and oxygen atoms in total. The fourth-order valence-electron chi connectivity index (χ4n) is 4.38. The van der Waals surface area contributed by atoms with Gasteiger partial charge in [0, 0.05) is 47.6 Å². The van der Waals surface area contributed by atoms with E-state index in [2.05, 4.69) is 32.5 Å². The first-order valence-electron chi connectivity index (χ1n) is 11.6. The quantitative estimate of drug-likeness (QED) is 0.561. The molecule has 3 heterocycles. The van der Waals surface area contributed by atoms with E-state index in [0.717, 1.165) is 61.2 Å². The molecule has 2 N–H and O–H groups in total. The lowest BCUT2D eigenvalue weighted by Gasteiger charge is -2.26. The predicted molar refractivity (Wildman–Crippen MR) is 132 cm³/mol. The van der Waals surface area contributed by atoms with Crippen LogP contribution in [0, 0.1) is 0 Å². The van der Waals surface area contributed by atoms with Crippen LogP contribution >= 0.6 is 11.8 Å². The molecular weight excluding hydrogens is 450 g/mol. The average molecular weight is 480 g/mol. The molecule has 34 heavy (non-hydrogen) atoms. The summed E-state index contributed by atoms with van der Waals surface area (Å²) < 4.78 is 7.18. The lowest BCUT2D eigenvalue weighted by atomic mass is 10.1. The third-order valence-electron chi connectivity index (χ3n) is 6.08. The summed E-state index contributed by atoms with van der Waals surface area (Å²) in [5.41, 5.74) is 3.47. The average Bonchev–Trinajstić information content (AvgIpc) is 3.48. The maximum atomic E-state index is 13.0. The van der Waals surface area contributed by atoms with E-state index in [-0.39, 0.29) is 23.5 Å². The summed E-state index contributed by atoms with van der Waals surface area (Å²) in [6.45, 7) is 8.04. The number of rotatable bonds is 6. The second-order valence-electron chi connectivity index (χ2n) is 8.90. The van der Waals surface area contributed by atoms with E-state index >= 15 is 0 Å². The molecule has 9 heteroatoms. The van der Waals surface area contributed by atoms with Crippen LogP contribution in [0.2, 0.25) is 0 Å². The van der Waals surface area contributed by atoms with Gasteiger partial charge in [-0.25, -0.2) is 0 Å². The number of carbonyl (C=O) groups excluding carboxylic acids is 1. The summed E-state index contributed by atoms with van der Waals surface area (Å²) in [6.07, 6.45) is 0.810. The van der Waals surface area contributed by atoms with Gasteiger partial charge in [-0.3, -0.25) is 14.3 Å². The van der Waals surface area contributed by atoms with Crippen molar-refractivity contribution < 1.29 is 14.6 Å². The van der Waals surface area contributed by atoms with Crippen molar-refractivity contribution in [1.82, 2.24) is 25.0 Å². The zero-order chi connectivity index (χ0) is 23.7. The van der Waals surface area contributed by atoms with E-state index in [4.69, 9.17) is 4.74 Å². The van der Waals surface area contributed by atoms with E-state index in [9.17, 15) is 9.90 Å². The zero-order valence-corrected chi connectivity index (χ0v) is 20.3. The van der Waals surface area contributed by atoms with Crippen LogP contribution in [-0.4, -0.2) is 68.8 Å². The molecule has 5 rings (SSSR count). The van der Waals surface area contributed by atoms with Crippen molar-refractivity contribution in [2.24, 2.45) is 0 Å². The number of phenolic OH excluding ortho intramolecular Hbond substituents is 1. The van der Waals surface area contributed by atoms with Crippen LogP contribution in [0.4, 0.5) is 0 Å². The van der Waals surface area contributed by atoms with Crippen LogP contribution in [0.3, 0.4) is 0 Å². The molecule has 2 aromatic carbocycles. The van der Waals surface area contributed by atoms with Gasteiger partial charge in [-0.15, -0.1) is 22.0 Å². The molecule has 3 aromatic rings. The van der Waals surface area contributed by atoms with Crippen LogP contribution in [0.25, 0.3) is 17.1 Å². The molecule has 178 valence electrons. The van der Waals surface area contributed by atoms with Crippen molar-refractivity contribution >= 4 is 17.7 Å². The number of nitrogens with zero attached hydrogens (tertiary/aromatic N) is 4. The van der Waals surface area contributed by atoms with Gasteiger partial charge in [0.05, 0.1) is 18.8 Å². The highest BCUT2D eigenvalue weighted by Gasteiger charge is 2.26. The fraction of sp³-hybridized carbons (Fsp3) is 0.400. The minimum atomic E-state index is -0.303. The van der Waals surface area contributed by atoms with Crippen molar-refractivity contribution in [3.05, 3.63) is 53.3 Å². The van der Waals surface area contributed by atoms with E-state index in [1.54, 1.807) is 16.3 Å². The SMILES string of the molecule is CC(C)NC(=O)c1nnc(-c2ccc3c(c2O)CCS3)n1-c1ccc(CN2CCOCC2)cc1. The topological polar surface area (TPSA) is 92.5 Å². The van der Waals surface area contributed by atoms with Crippen LogP contribution in [-0.2, 0) is 17.7 Å². The number of morpholine rings is 1. The van der Waals surface area contributed by atoms with Gasteiger partial charge in [-0.05, 0) is 50.1 Å². The number of phenols is 1. The monoisotopic (exact) mass is 479 g/mol. The lowest BCUT2D eigenvalue weighted by Crippen LogP contribution is -2.35. The Balaban J connectivity index is 1.53. The summed E-state index contributed by atoms with van der Waals surface area (Å²) in [6, 6.07) is 11.9. The largest absolute Gasteiger partial charge is 0.507 e. The Morgan fingerprint density at radius 2 is 1.91 bits per heavy atom. The Morgan fingerprint density at radius 1 is 1.15 bits per heavy atom. The molecule has 0 radical (unpaired) electrons. The number of hydrogen-bond donors (Lipinski definition) is 2. The number of thioether (sulfide) groups is 1. The van der Waals surface area contributed by atoms with Crippen molar-refractivity contribution in [1.29, 1.82) is 0 Å². The van der Waals surface area contributed by atoms with Crippen molar-refractivity contribution in [2.75, 3.05) is 32.1 Å². The highest BCUT2D eigenvalue weighted by Crippen LogP contribution is 2.42. The van der Waals surface area contributed by atoms with Gasteiger partial charge in [-0.1, -0.05) is 12.1 Å². The first-order valence-corrected chi connectivity index (χ1v) is 12.6. The van der Waals surface area contributed by atoms with Crippen LogP contribution in [0.1, 0.15) is 35.6 Å². The number of aromatic nitrogens is 3. The maximum absolute atomic E-state index is 13.0. The molecule has 0 unspecified atom stereocenters. The number of ether oxygens (including phenoxy) is 1. The number of nitrogens with one attached hydrogen (secondary N) is 1. The molecule has 2 aliphatic rings. The number of hydrogen-bond acceptors (Lipinski definition) is 7. The predicted octanol–water partition coefficient (Wildman–Crippen LogP) is 3.26. The Bertz CT molecular complexity index is 1190. The fourth-order valence-corrected chi connectivity index (χ4v) is 5.45. The van der Waals surface area contributed by atoms with Crippen LogP contribution in [0.15, 0.2) is 41.3 Å². The summed E-state index contributed by atoms with van der Waals surface area (Å²) in [4.78, 5) is 16.4. The van der Waals surface area contributed by atoms with Gasteiger partial charge < -0.3 is 15.2 Å². The molecule has 0 bridgehead atoms. The first-order chi connectivity index (χ1) is 16.5. The molecule has 0 aliphatic carbocycles. The van der Waals surface area contributed by atoms with Gasteiger partial charge in [-0.2, -0.15) is 0 Å². The van der Waals surface area contributed by atoms with Gasteiger partial charge in [0.1, 0.15) is 5.75 Å². The summed E-state index contributed by atoms with van der Waals surface area (Å²) in [5.74, 6) is 1.51. The van der Waals surface area contributed by atoms with E-state index < -0.39 is 0 Å². The summed E-state index contributed by atoms with van der Waals surface area (Å²) in [5, 5.41) is 22.5. The molecular formula is C25H29N5O3S. The number of amides is 1. The number of fused-ring (bicyclic) bond motifs is 1. The van der Waals surface area contributed by atoms with Gasteiger partial charge in [0.25, 0.3) is 5.91 Å². The molecule has 1 aromatic heterocycles. The molecule has 0 spiro atoms. The Morgan fingerprint density at radius 3 is 2.65 bits per heavy atom. The van der Waals surface area contributed by atoms with Gasteiger partial charge >= 0.3 is 0 Å². The molecule has 0 atom stereocenters. The van der Waals surface area contributed by atoms with Crippen molar-refractivity contribution in [3.8, 4) is 22.8 Å². The van der Waals surface area contributed by atoms with Crippen molar-refractivity contribution in [3.63, 3.8) is 0 Å². The molecule has 1 amide bonds. The normalized spacial score (nSPS) is 16.1. The maximum Gasteiger partial charge on any atom is 0.289 e. The van der Waals surface area contributed by atoms with Gasteiger partial charge in [0.15, 0.2) is 5.82 Å². The van der Waals surface area contributed by atoms with E-state index in [0.29, 0.717) is 11.4 Å². The Hall–Kier alpha value is -2.88. The standard InChI is InChI=1S/C25H29N5O3S/c1-16(2)26-25(32)24-28-27-23(20-7-8-21-19(22(20)31)9-14-34-21)30(24)18-5-3-17(4-6-18)15-29-10-12-33-13-11-29/h3-8,16,31H,9-15H2,1-2H3,(H,26,32). The second kappa shape index (κ2) is 9.77. The Labute approximate surface area is 203 Å². The third kappa shape index (κ3) is 4.55. The van der Waals surface area contributed by atoms with E-state index in [1.165, 1.54) is 5.56 Å². The molecule has 1 fully saturated rings. The molecule has 2 aliphatic heterocycles. The van der Waals surface area contributed by atoms with E-state index in [1.807, 2.05) is 38.1 Å². The van der Waals surface area contributed by atoms with Gasteiger partial charge in [0.2, 0.25) is 5.82 Å². The number of aromatic hydroxyl groups is 1. The molecule has 1 saturated heterocycles. The number of carbonyl (C=O) groups is 1. The molecule has 0 saturated carbocycles. The number of benzene rings is 2. The lowest BCUT2D eigenvalue weighted by molar-refractivity contribution is 0.0342. The van der Waals surface area contributed by atoms with Crippen LogP contribution < -0.4 is 5.32 Å². The summed E-state index contributed by atoms with van der Waals surface area (Å²) >= 11 is 1.74. The second-order valence-corrected chi connectivity index (χ2v) is 10.0. The first kappa shape index (κ1) is 22.9. The van der Waals surface area contributed by atoms with Crippen LogP contribution in [0.5, 0.6) is 5.75 Å². The third-order valence-corrected chi connectivity index (χ3v) is 7.18. The zero-order valence-electron chi connectivity index (χ0n) is 19.5. The summed E-state index contributed by atoms with van der Waals surface area (Å²) in [7, 11) is 0. The van der Waals surface area contributed by atoms with Crippen molar-refractivity contribution in [2.45, 2.75) is 37.8 Å². The smallest absolute Gasteiger partial charge is 0.289 e. The minimum absolute atomic E-state index is 0.0394. The highest BCUT2D eigenvalue weighted by molar-refractivity contribution is 7.99. The minimum Gasteiger partial charge on any atom is -0.507 e.